The van der Waals surface area contributed by atoms with Gasteiger partial charge in [0.15, 0.2) is 0 Å². The van der Waals surface area contributed by atoms with Gasteiger partial charge in [0.2, 0.25) is 0 Å². The molecule has 0 aliphatic heterocycles. The van der Waals surface area contributed by atoms with Crippen molar-refractivity contribution in [2.75, 3.05) is 19.0 Å². The lowest BCUT2D eigenvalue weighted by molar-refractivity contribution is 0.0959. The molecule has 3 rings (SSSR count). The van der Waals surface area contributed by atoms with E-state index in [0.717, 1.165) is 23.8 Å². The molecule has 7 nitrogen and oxygen atoms in total. The van der Waals surface area contributed by atoms with Gasteiger partial charge in [0, 0.05) is 16.3 Å². The molecule has 0 radical (unpaired) electrons. The summed E-state index contributed by atoms with van der Waals surface area (Å²) in [6, 6.07) is 15.2. The zero-order valence-corrected chi connectivity index (χ0v) is 18.0. The molecule has 10 heteroatoms. The van der Waals surface area contributed by atoms with E-state index in [1.165, 1.54) is 19.2 Å². The quantitative estimate of drug-likeness (QED) is 0.373. The highest BCUT2D eigenvalue weighted by molar-refractivity contribution is 6.30. The molecule has 0 bridgehead atoms. The van der Waals surface area contributed by atoms with E-state index < -0.39 is 29.1 Å². The van der Waals surface area contributed by atoms with Crippen molar-refractivity contribution in [2.45, 2.75) is 0 Å². The van der Waals surface area contributed by atoms with Crippen molar-refractivity contribution >= 4 is 34.9 Å². The normalized spacial score (nSPS) is 11.0. The van der Waals surface area contributed by atoms with E-state index >= 15 is 0 Å². The summed E-state index contributed by atoms with van der Waals surface area (Å²) in [4.78, 5) is 28.9. The highest BCUT2D eigenvalue weighted by Gasteiger charge is 2.19. The fraction of sp³-hybridized carbons (Fsp3) is 0.0870. The molecular formula is C23H18ClF2N3O4. The van der Waals surface area contributed by atoms with Crippen LogP contribution >= 0.6 is 11.6 Å². The van der Waals surface area contributed by atoms with E-state index in [1.54, 1.807) is 36.4 Å². The predicted octanol–water partition coefficient (Wildman–Crippen LogP) is 5.01. The molecule has 0 heterocycles. The Morgan fingerprint density at radius 1 is 0.970 bits per heavy atom. The van der Waals surface area contributed by atoms with Crippen molar-refractivity contribution in [3.63, 3.8) is 0 Å². The number of benzene rings is 3. The minimum atomic E-state index is -1.20. The van der Waals surface area contributed by atoms with Gasteiger partial charge in [-0.25, -0.2) is 13.6 Å². The van der Waals surface area contributed by atoms with E-state index in [4.69, 9.17) is 21.2 Å². The Bertz CT molecular complexity index is 1150. The van der Waals surface area contributed by atoms with Crippen LogP contribution in [0.15, 0.2) is 71.9 Å². The molecule has 3 amide bonds. The lowest BCUT2D eigenvalue weighted by atomic mass is 10.1. The summed E-state index contributed by atoms with van der Waals surface area (Å²) in [7, 11) is 1.42. The van der Waals surface area contributed by atoms with Crippen molar-refractivity contribution in [1.82, 2.24) is 5.32 Å². The van der Waals surface area contributed by atoms with Gasteiger partial charge in [-0.05, 0) is 48.5 Å². The Balaban J connectivity index is 1.57. The van der Waals surface area contributed by atoms with Crippen molar-refractivity contribution < 1.29 is 27.9 Å². The first kappa shape index (κ1) is 23.7. The second kappa shape index (κ2) is 11.1. The Kier molecular flexibility index (Phi) is 7.93. The molecule has 0 aliphatic carbocycles. The number of carbonyl (C=O) groups is 2. The number of nitrogens with one attached hydrogen (secondary N) is 2. The molecule has 0 atom stereocenters. The van der Waals surface area contributed by atoms with Crippen LogP contribution in [0.4, 0.5) is 19.3 Å². The number of nitrogens with zero attached hydrogens (tertiary/aromatic N) is 1. The summed E-state index contributed by atoms with van der Waals surface area (Å²) < 4.78 is 33.0. The molecule has 0 aromatic heterocycles. The predicted molar refractivity (Wildman–Crippen MR) is 120 cm³/mol. The molecule has 2 N–H and O–H groups in total. The smallest absolute Gasteiger partial charge is 0.326 e. The van der Waals surface area contributed by atoms with Crippen molar-refractivity contribution in [2.24, 2.45) is 5.16 Å². The summed E-state index contributed by atoms with van der Waals surface area (Å²) >= 11 is 5.90. The van der Waals surface area contributed by atoms with E-state index in [1.807, 2.05) is 5.32 Å². The highest BCUT2D eigenvalue weighted by Crippen LogP contribution is 2.17. The Morgan fingerprint density at radius 3 is 2.21 bits per heavy atom. The Labute approximate surface area is 193 Å². The molecule has 0 aliphatic rings. The minimum absolute atomic E-state index is 0.103. The second-order valence-electron chi connectivity index (χ2n) is 6.55. The summed E-state index contributed by atoms with van der Waals surface area (Å²) in [6.45, 7) is 0.103. The number of imide groups is 1. The van der Waals surface area contributed by atoms with Crippen LogP contribution in [0.3, 0.4) is 0 Å². The van der Waals surface area contributed by atoms with Crippen molar-refractivity contribution in [3.8, 4) is 5.75 Å². The number of urea groups is 1. The molecular weight excluding hydrogens is 456 g/mol. The number of rotatable bonds is 7. The summed E-state index contributed by atoms with van der Waals surface area (Å²) in [6.07, 6.45) is 0. The second-order valence-corrected chi connectivity index (χ2v) is 6.98. The highest BCUT2D eigenvalue weighted by atomic mass is 35.5. The third-order valence-corrected chi connectivity index (χ3v) is 4.54. The van der Waals surface area contributed by atoms with E-state index in [0.29, 0.717) is 22.2 Å². The van der Waals surface area contributed by atoms with Crippen LogP contribution in [0, 0.1) is 11.6 Å². The van der Waals surface area contributed by atoms with Crippen LogP contribution in [0.5, 0.6) is 5.75 Å². The van der Waals surface area contributed by atoms with Gasteiger partial charge >= 0.3 is 6.03 Å². The molecule has 0 spiro atoms. The average molecular weight is 474 g/mol. The van der Waals surface area contributed by atoms with Gasteiger partial charge in [-0.15, -0.1) is 0 Å². The zero-order valence-electron chi connectivity index (χ0n) is 17.3. The van der Waals surface area contributed by atoms with Gasteiger partial charge in [-0.2, -0.15) is 0 Å². The van der Waals surface area contributed by atoms with Crippen molar-refractivity contribution in [3.05, 3.63) is 94.5 Å². The van der Waals surface area contributed by atoms with Gasteiger partial charge in [0.25, 0.3) is 5.91 Å². The summed E-state index contributed by atoms with van der Waals surface area (Å²) in [5, 5.41) is 8.82. The number of oxime groups is 1. The SMILES string of the molecule is CO/N=C(\COc1ccc(NC(=O)NC(=O)c2c(F)cccc2F)cc1)c1ccc(Cl)cc1. The standard InChI is InChI=1S/C23H18ClF2N3O4/c1-32-29-20(14-5-7-15(24)8-6-14)13-33-17-11-9-16(10-12-17)27-23(31)28-22(30)21-18(25)3-2-4-19(21)26/h2-12H,13H2,1H3,(H2,27,28,30,31)/b29-20+. The van der Waals surface area contributed by atoms with Gasteiger partial charge < -0.3 is 14.9 Å². The zero-order chi connectivity index (χ0) is 23.8. The first-order valence-electron chi connectivity index (χ1n) is 9.52. The van der Waals surface area contributed by atoms with Crippen LogP contribution in [0.1, 0.15) is 15.9 Å². The molecule has 3 aromatic carbocycles. The maximum Gasteiger partial charge on any atom is 0.326 e. The number of carbonyl (C=O) groups excluding carboxylic acids is 2. The lowest BCUT2D eigenvalue weighted by Gasteiger charge is -2.11. The largest absolute Gasteiger partial charge is 0.487 e. The Morgan fingerprint density at radius 2 is 1.61 bits per heavy atom. The molecule has 33 heavy (non-hydrogen) atoms. The van der Waals surface area contributed by atoms with Crippen LogP contribution < -0.4 is 15.4 Å². The topological polar surface area (TPSA) is 89.0 Å². The lowest BCUT2D eigenvalue weighted by Crippen LogP contribution is -2.35. The van der Waals surface area contributed by atoms with Gasteiger partial charge in [0.05, 0.1) is 0 Å². The maximum absolute atomic E-state index is 13.7. The molecule has 0 saturated carbocycles. The first-order valence-corrected chi connectivity index (χ1v) is 9.90. The van der Waals surface area contributed by atoms with Gasteiger partial charge in [-0.3, -0.25) is 10.1 Å². The third kappa shape index (κ3) is 6.50. The number of ether oxygens (including phenoxy) is 1. The van der Waals surface area contributed by atoms with E-state index in [9.17, 15) is 18.4 Å². The average Bonchev–Trinajstić information content (AvgIpc) is 2.78. The van der Waals surface area contributed by atoms with Crippen LogP contribution in [0.2, 0.25) is 5.02 Å². The maximum atomic E-state index is 13.7. The van der Waals surface area contributed by atoms with Gasteiger partial charge in [0.1, 0.15) is 42.4 Å². The number of halogens is 3. The van der Waals surface area contributed by atoms with Crippen LogP contribution in [-0.2, 0) is 4.84 Å². The number of hydrogen-bond donors (Lipinski definition) is 2. The minimum Gasteiger partial charge on any atom is -0.487 e. The summed E-state index contributed by atoms with van der Waals surface area (Å²) in [5.41, 5.74) is 0.789. The van der Waals surface area contributed by atoms with Crippen LogP contribution in [-0.4, -0.2) is 31.4 Å². The Hall–Kier alpha value is -3.98. The monoisotopic (exact) mass is 473 g/mol. The fourth-order valence-corrected chi connectivity index (χ4v) is 2.87. The fourth-order valence-electron chi connectivity index (χ4n) is 2.74. The molecule has 0 unspecified atom stereocenters. The number of amides is 3. The van der Waals surface area contributed by atoms with E-state index in [-0.39, 0.29) is 6.61 Å². The number of anilines is 1. The van der Waals surface area contributed by atoms with Crippen molar-refractivity contribution in [1.29, 1.82) is 0 Å². The van der Waals surface area contributed by atoms with Crippen LogP contribution in [0.25, 0.3) is 0 Å². The first-order chi connectivity index (χ1) is 15.9. The molecule has 0 saturated heterocycles. The molecule has 170 valence electrons. The van der Waals surface area contributed by atoms with Gasteiger partial charge in [-0.1, -0.05) is 35.0 Å². The summed E-state index contributed by atoms with van der Waals surface area (Å²) in [5.74, 6) is -2.87. The van der Waals surface area contributed by atoms with E-state index in [2.05, 4.69) is 10.5 Å². The third-order valence-electron chi connectivity index (χ3n) is 4.28. The number of hydrogen-bond acceptors (Lipinski definition) is 5. The molecule has 0 fully saturated rings. The molecule has 3 aromatic rings.